The first kappa shape index (κ1) is 15.0. The van der Waals surface area contributed by atoms with Crippen LogP contribution in [0.4, 0.5) is 0 Å². The van der Waals surface area contributed by atoms with Crippen LogP contribution in [0.1, 0.15) is 25.1 Å². The van der Waals surface area contributed by atoms with E-state index in [1.165, 1.54) is 17.3 Å². The van der Waals surface area contributed by atoms with Crippen molar-refractivity contribution in [3.8, 4) is 0 Å². The zero-order valence-corrected chi connectivity index (χ0v) is 12.5. The lowest BCUT2D eigenvalue weighted by atomic mass is 10.2. The molecular weight excluding hydrogens is 248 g/mol. The molecule has 0 aromatic carbocycles. The molecule has 18 heavy (non-hydrogen) atoms. The van der Waals surface area contributed by atoms with Crippen LogP contribution in [0.25, 0.3) is 0 Å². The zero-order valence-electron chi connectivity index (χ0n) is 11.7. The number of carbonyl (C=O) groups excluding carboxylic acids is 1. The van der Waals surface area contributed by atoms with E-state index in [2.05, 4.69) is 29.6 Å². The van der Waals surface area contributed by atoms with Crippen LogP contribution in [0.3, 0.4) is 0 Å². The van der Waals surface area contributed by atoms with Gasteiger partial charge in [-0.05, 0) is 6.92 Å². The Labute approximate surface area is 113 Å². The van der Waals surface area contributed by atoms with Crippen molar-refractivity contribution in [3.05, 3.63) is 11.3 Å². The fourth-order valence-corrected chi connectivity index (χ4v) is 2.61. The summed E-state index contributed by atoms with van der Waals surface area (Å²) in [6.07, 6.45) is 0. The molecule has 0 fully saturated rings. The van der Waals surface area contributed by atoms with Crippen LogP contribution in [0, 0.1) is 6.92 Å². The number of hydrogen-bond donors (Lipinski definition) is 2. The Hall–Kier alpha value is -1.01. The van der Waals surface area contributed by atoms with Crippen molar-refractivity contribution in [1.29, 1.82) is 0 Å². The Morgan fingerprint density at radius 1 is 1.50 bits per heavy atom. The zero-order chi connectivity index (χ0) is 13.7. The highest BCUT2D eigenvalue weighted by Gasteiger charge is 2.14. The molecule has 0 saturated heterocycles. The third-order valence-electron chi connectivity index (χ3n) is 2.59. The van der Waals surface area contributed by atoms with Gasteiger partial charge in [-0.1, -0.05) is 25.6 Å². The van der Waals surface area contributed by atoms with Crippen molar-refractivity contribution in [1.82, 2.24) is 20.4 Å². The molecule has 1 amide bonds. The van der Waals surface area contributed by atoms with Crippen molar-refractivity contribution >= 4 is 17.7 Å². The van der Waals surface area contributed by atoms with Crippen molar-refractivity contribution in [2.45, 2.75) is 38.4 Å². The normalized spacial score (nSPS) is 11.0. The summed E-state index contributed by atoms with van der Waals surface area (Å²) in [7, 11) is 3.57. The second-order valence-corrected chi connectivity index (χ2v) is 5.45. The summed E-state index contributed by atoms with van der Waals surface area (Å²) in [4.78, 5) is 11.3. The molecule has 1 aromatic heterocycles. The molecule has 0 unspecified atom stereocenters. The number of aromatic nitrogens is 2. The van der Waals surface area contributed by atoms with Gasteiger partial charge in [-0.3, -0.25) is 9.48 Å². The highest BCUT2D eigenvalue weighted by atomic mass is 32.2. The molecule has 1 aromatic rings. The third-order valence-corrected chi connectivity index (χ3v) is 3.79. The number of nitrogens with one attached hydrogen (secondary N) is 2. The molecule has 0 radical (unpaired) electrons. The number of rotatable bonds is 6. The fraction of sp³-hybridized carbons (Fsp3) is 0.667. The summed E-state index contributed by atoms with van der Waals surface area (Å²) in [5.74, 6) is 0.450. The molecule has 0 aliphatic carbocycles. The van der Waals surface area contributed by atoms with Crippen molar-refractivity contribution in [2.75, 3.05) is 12.8 Å². The topological polar surface area (TPSA) is 59.0 Å². The highest BCUT2D eigenvalue weighted by Crippen LogP contribution is 2.24. The van der Waals surface area contributed by atoms with Gasteiger partial charge in [0.15, 0.2) is 0 Å². The maximum absolute atomic E-state index is 11.3. The van der Waals surface area contributed by atoms with Gasteiger partial charge in [-0.25, -0.2) is 0 Å². The molecule has 5 nitrogen and oxygen atoms in total. The summed E-state index contributed by atoms with van der Waals surface area (Å²) >= 11 is 1.53. The van der Waals surface area contributed by atoms with Crippen LogP contribution < -0.4 is 10.6 Å². The fourth-order valence-electron chi connectivity index (χ4n) is 1.58. The van der Waals surface area contributed by atoms with Gasteiger partial charge in [-0.15, -0.1) is 0 Å². The number of hydrogen-bond acceptors (Lipinski definition) is 4. The van der Waals surface area contributed by atoms with Crippen LogP contribution in [-0.4, -0.2) is 34.5 Å². The first-order valence-electron chi connectivity index (χ1n) is 6.05. The molecule has 2 N–H and O–H groups in total. The number of nitrogens with zero attached hydrogens (tertiary/aromatic N) is 2. The van der Waals surface area contributed by atoms with E-state index >= 15 is 0 Å². The molecule has 0 saturated carbocycles. The van der Waals surface area contributed by atoms with E-state index in [1.54, 1.807) is 7.05 Å². The van der Waals surface area contributed by atoms with E-state index in [4.69, 9.17) is 0 Å². The lowest BCUT2D eigenvalue weighted by molar-refractivity contribution is -0.118. The molecule has 102 valence electrons. The van der Waals surface area contributed by atoms with Crippen molar-refractivity contribution in [3.63, 3.8) is 0 Å². The van der Waals surface area contributed by atoms with Crippen LogP contribution >= 0.6 is 11.8 Å². The number of carbonyl (C=O) groups is 1. The van der Waals surface area contributed by atoms with Gasteiger partial charge >= 0.3 is 0 Å². The number of amides is 1. The smallest absolute Gasteiger partial charge is 0.230 e. The first-order valence-corrected chi connectivity index (χ1v) is 7.03. The largest absolute Gasteiger partial charge is 0.358 e. The molecule has 0 aliphatic rings. The Morgan fingerprint density at radius 2 is 2.17 bits per heavy atom. The maximum Gasteiger partial charge on any atom is 0.230 e. The molecule has 1 heterocycles. The minimum Gasteiger partial charge on any atom is -0.358 e. The molecule has 0 bridgehead atoms. The van der Waals surface area contributed by atoms with Crippen LogP contribution in [0.5, 0.6) is 0 Å². The second kappa shape index (κ2) is 6.80. The number of aryl methyl sites for hydroxylation is 2. The highest BCUT2D eigenvalue weighted by molar-refractivity contribution is 8.00. The van der Waals surface area contributed by atoms with E-state index in [0.29, 0.717) is 11.8 Å². The van der Waals surface area contributed by atoms with E-state index in [9.17, 15) is 4.79 Å². The van der Waals surface area contributed by atoms with Crippen molar-refractivity contribution in [2.24, 2.45) is 7.05 Å². The average molecular weight is 270 g/mol. The Kier molecular flexibility index (Phi) is 5.68. The first-order chi connectivity index (χ1) is 8.45. The summed E-state index contributed by atoms with van der Waals surface area (Å²) in [6.45, 7) is 7.01. The molecule has 0 atom stereocenters. The molecular formula is C12H22N4OS. The molecule has 0 aliphatic heterocycles. The summed E-state index contributed by atoms with van der Waals surface area (Å²) in [5, 5.41) is 11.5. The minimum atomic E-state index is 0.0293. The average Bonchev–Trinajstić information content (AvgIpc) is 2.57. The Morgan fingerprint density at radius 3 is 2.72 bits per heavy atom. The monoisotopic (exact) mass is 270 g/mol. The van der Waals surface area contributed by atoms with E-state index < -0.39 is 0 Å². The van der Waals surface area contributed by atoms with E-state index in [1.807, 2.05) is 18.7 Å². The summed E-state index contributed by atoms with van der Waals surface area (Å²) in [6, 6.07) is 0.432. The summed E-state index contributed by atoms with van der Waals surface area (Å²) in [5.41, 5.74) is 2.20. The second-order valence-electron chi connectivity index (χ2n) is 4.49. The van der Waals surface area contributed by atoms with E-state index in [-0.39, 0.29) is 5.91 Å². The van der Waals surface area contributed by atoms with Crippen LogP contribution in [0.15, 0.2) is 5.03 Å². The van der Waals surface area contributed by atoms with Gasteiger partial charge in [0.25, 0.3) is 0 Å². The van der Waals surface area contributed by atoms with Crippen LogP contribution in [-0.2, 0) is 18.4 Å². The SMILES string of the molecule is CNC(=O)CSc1c(CNC(C)C)c(C)nn1C. The van der Waals surface area contributed by atoms with Gasteiger partial charge in [0.1, 0.15) is 0 Å². The standard InChI is InChI=1S/C12H22N4OS/c1-8(2)14-6-10-9(3)15-16(5)12(10)18-7-11(17)13-4/h8,14H,6-7H2,1-5H3,(H,13,17). The summed E-state index contributed by atoms with van der Waals surface area (Å²) < 4.78 is 1.85. The lowest BCUT2D eigenvalue weighted by Crippen LogP contribution is -2.23. The van der Waals surface area contributed by atoms with Gasteiger partial charge in [0, 0.05) is 32.2 Å². The minimum absolute atomic E-state index is 0.0293. The van der Waals surface area contributed by atoms with Gasteiger partial charge in [-0.2, -0.15) is 5.10 Å². The lowest BCUT2D eigenvalue weighted by Gasteiger charge is -2.10. The van der Waals surface area contributed by atoms with Gasteiger partial charge < -0.3 is 10.6 Å². The van der Waals surface area contributed by atoms with Gasteiger partial charge in [0.05, 0.1) is 16.5 Å². The Balaban J connectivity index is 2.78. The maximum atomic E-state index is 11.3. The van der Waals surface area contributed by atoms with Crippen LogP contribution in [0.2, 0.25) is 0 Å². The quantitative estimate of drug-likeness (QED) is 0.759. The predicted molar refractivity (Wildman–Crippen MR) is 74.7 cm³/mol. The van der Waals surface area contributed by atoms with Crippen molar-refractivity contribution < 1.29 is 4.79 Å². The third kappa shape index (κ3) is 4.03. The molecule has 6 heteroatoms. The molecule has 0 spiro atoms. The van der Waals surface area contributed by atoms with Gasteiger partial charge in [0.2, 0.25) is 5.91 Å². The van der Waals surface area contributed by atoms with E-state index in [0.717, 1.165) is 17.3 Å². The predicted octanol–water partition coefficient (Wildman–Crippen LogP) is 1.06. The number of thioether (sulfide) groups is 1. The Bertz CT molecular complexity index is 414. The molecule has 1 rings (SSSR count).